The second kappa shape index (κ2) is 5.95. The highest BCUT2D eigenvalue weighted by Crippen LogP contribution is 2.29. The van der Waals surface area contributed by atoms with Crippen LogP contribution in [0.3, 0.4) is 0 Å². The molecule has 0 aliphatic rings. The van der Waals surface area contributed by atoms with Gasteiger partial charge < -0.3 is 4.18 Å². The largest absolute Gasteiger partial charge is 0.357 e. The quantitative estimate of drug-likeness (QED) is 0.746. The normalized spacial score (nSPS) is 11.4. The molecule has 0 radical (unpaired) electrons. The van der Waals surface area contributed by atoms with Crippen LogP contribution in [-0.4, -0.2) is 13.4 Å². The van der Waals surface area contributed by atoms with Crippen LogP contribution in [0.2, 0.25) is 20.1 Å². The van der Waals surface area contributed by atoms with Crippen LogP contribution in [0.4, 0.5) is 0 Å². The zero-order valence-corrected chi connectivity index (χ0v) is 13.3. The van der Waals surface area contributed by atoms with Crippen LogP contribution in [-0.2, 0) is 10.1 Å². The van der Waals surface area contributed by atoms with Crippen molar-refractivity contribution in [1.82, 2.24) is 4.98 Å². The Labute approximate surface area is 135 Å². The standard InChI is InChI=1S/C11H5Cl4NO3S/c12-6-3-10(15)11(16-5-6)19-20(17,18)7-1-2-8(13)9(14)4-7/h1-5H. The molecule has 1 aromatic carbocycles. The SMILES string of the molecule is O=S(=O)(Oc1ncc(Cl)cc1Cl)c1ccc(Cl)c(Cl)c1. The molecule has 0 fully saturated rings. The minimum atomic E-state index is -4.12. The van der Waals surface area contributed by atoms with Gasteiger partial charge in [-0.05, 0) is 24.3 Å². The van der Waals surface area contributed by atoms with Gasteiger partial charge in [0.25, 0.3) is 5.88 Å². The Kier molecular flexibility index (Phi) is 4.66. The molecule has 0 N–H and O–H groups in total. The predicted octanol–water partition coefficient (Wildman–Crippen LogP) is 4.46. The molecule has 0 saturated carbocycles. The van der Waals surface area contributed by atoms with Gasteiger partial charge in [-0.1, -0.05) is 46.4 Å². The second-order valence-corrected chi connectivity index (χ2v) is 6.76. The Morgan fingerprint density at radius 2 is 1.65 bits per heavy atom. The Morgan fingerprint density at radius 3 is 2.25 bits per heavy atom. The van der Waals surface area contributed by atoms with Crippen molar-refractivity contribution in [2.45, 2.75) is 4.90 Å². The number of hydrogen-bond donors (Lipinski definition) is 0. The van der Waals surface area contributed by atoms with Gasteiger partial charge in [0.2, 0.25) is 0 Å². The van der Waals surface area contributed by atoms with Crippen LogP contribution < -0.4 is 4.18 Å². The maximum atomic E-state index is 12.0. The monoisotopic (exact) mass is 371 g/mol. The highest BCUT2D eigenvalue weighted by molar-refractivity contribution is 7.87. The van der Waals surface area contributed by atoms with Crippen molar-refractivity contribution in [2.24, 2.45) is 0 Å². The van der Waals surface area contributed by atoms with Crippen LogP contribution in [0.15, 0.2) is 35.4 Å². The zero-order chi connectivity index (χ0) is 14.9. The van der Waals surface area contributed by atoms with Crippen molar-refractivity contribution in [3.8, 4) is 5.88 Å². The van der Waals surface area contributed by atoms with E-state index in [9.17, 15) is 8.42 Å². The number of halogens is 4. The molecule has 9 heteroatoms. The first-order valence-corrected chi connectivity index (χ1v) is 7.92. The Hall–Kier alpha value is -0.720. The van der Waals surface area contributed by atoms with Crippen molar-refractivity contribution in [3.05, 3.63) is 50.6 Å². The summed E-state index contributed by atoms with van der Waals surface area (Å²) < 4.78 is 28.9. The van der Waals surface area contributed by atoms with Crippen LogP contribution in [0.25, 0.3) is 0 Å². The summed E-state index contributed by atoms with van der Waals surface area (Å²) in [7, 11) is -4.12. The molecular formula is C11H5Cl4NO3S. The van der Waals surface area contributed by atoms with E-state index >= 15 is 0 Å². The van der Waals surface area contributed by atoms with E-state index in [1.54, 1.807) is 0 Å². The predicted molar refractivity (Wildman–Crippen MR) is 78.5 cm³/mol. The summed E-state index contributed by atoms with van der Waals surface area (Å²) in [5, 5.41) is 0.551. The number of pyridine rings is 1. The molecule has 0 amide bonds. The fraction of sp³-hybridized carbons (Fsp3) is 0. The topological polar surface area (TPSA) is 56.3 Å². The first kappa shape index (κ1) is 15.7. The van der Waals surface area contributed by atoms with Gasteiger partial charge in [-0.2, -0.15) is 8.42 Å². The lowest BCUT2D eigenvalue weighted by Gasteiger charge is -2.08. The summed E-state index contributed by atoms with van der Waals surface area (Å²) >= 11 is 22.9. The Morgan fingerprint density at radius 1 is 0.950 bits per heavy atom. The fourth-order valence-electron chi connectivity index (χ4n) is 1.25. The van der Waals surface area contributed by atoms with Gasteiger partial charge >= 0.3 is 10.1 Å². The van der Waals surface area contributed by atoms with Gasteiger partial charge in [-0.3, -0.25) is 0 Å². The lowest BCUT2D eigenvalue weighted by molar-refractivity contribution is 0.476. The molecule has 0 aliphatic heterocycles. The summed E-state index contributed by atoms with van der Waals surface area (Å²) in [5.74, 6) is -0.276. The van der Waals surface area contributed by atoms with E-state index in [4.69, 9.17) is 50.6 Å². The minimum Gasteiger partial charge on any atom is -0.357 e. The van der Waals surface area contributed by atoms with Gasteiger partial charge in [-0.25, -0.2) is 4.98 Å². The number of aromatic nitrogens is 1. The van der Waals surface area contributed by atoms with E-state index in [-0.39, 0.29) is 30.9 Å². The molecule has 0 bridgehead atoms. The van der Waals surface area contributed by atoms with Crippen molar-refractivity contribution in [3.63, 3.8) is 0 Å². The van der Waals surface area contributed by atoms with E-state index in [1.807, 2.05) is 0 Å². The van der Waals surface area contributed by atoms with Crippen molar-refractivity contribution >= 4 is 56.5 Å². The average Bonchev–Trinajstić information content (AvgIpc) is 2.36. The number of rotatable bonds is 3. The highest BCUT2D eigenvalue weighted by atomic mass is 35.5. The number of hydrogen-bond acceptors (Lipinski definition) is 4. The average molecular weight is 373 g/mol. The summed E-state index contributed by atoms with van der Waals surface area (Å²) in [6.45, 7) is 0. The number of benzene rings is 1. The molecule has 0 aliphatic carbocycles. The third kappa shape index (κ3) is 3.48. The van der Waals surface area contributed by atoms with E-state index in [0.717, 1.165) is 0 Å². The van der Waals surface area contributed by atoms with Crippen molar-refractivity contribution in [2.75, 3.05) is 0 Å². The zero-order valence-electron chi connectivity index (χ0n) is 9.48. The smallest absolute Gasteiger partial charge is 0.340 e. The molecule has 2 aromatic rings. The first-order chi connectivity index (χ1) is 9.29. The van der Waals surface area contributed by atoms with Crippen LogP contribution >= 0.6 is 46.4 Å². The molecule has 0 unspecified atom stereocenters. The molecular weight excluding hydrogens is 368 g/mol. The number of nitrogens with zero attached hydrogens (tertiary/aromatic N) is 1. The molecule has 2 rings (SSSR count). The van der Waals surface area contributed by atoms with E-state index in [0.29, 0.717) is 0 Å². The second-order valence-electron chi connectivity index (χ2n) is 3.55. The van der Waals surface area contributed by atoms with E-state index < -0.39 is 10.1 Å². The fourth-order valence-corrected chi connectivity index (χ4v) is 3.01. The van der Waals surface area contributed by atoms with Crippen LogP contribution in [0.5, 0.6) is 5.88 Å². The first-order valence-electron chi connectivity index (χ1n) is 5.00. The van der Waals surface area contributed by atoms with Crippen LogP contribution in [0, 0.1) is 0 Å². The lowest BCUT2D eigenvalue weighted by Crippen LogP contribution is -2.11. The highest BCUT2D eigenvalue weighted by Gasteiger charge is 2.20. The summed E-state index contributed by atoms with van der Waals surface area (Å²) in [5.41, 5.74) is 0. The molecule has 106 valence electrons. The maximum Gasteiger partial charge on any atom is 0.340 e. The van der Waals surface area contributed by atoms with E-state index in [1.165, 1.54) is 30.5 Å². The molecule has 0 spiro atoms. The van der Waals surface area contributed by atoms with Gasteiger partial charge in [0.15, 0.2) is 0 Å². The van der Waals surface area contributed by atoms with Crippen LogP contribution in [0.1, 0.15) is 0 Å². The lowest BCUT2D eigenvalue weighted by atomic mass is 10.4. The van der Waals surface area contributed by atoms with Crippen molar-refractivity contribution < 1.29 is 12.6 Å². The minimum absolute atomic E-state index is 0.0267. The molecule has 4 nitrogen and oxygen atoms in total. The molecule has 1 heterocycles. The third-order valence-corrected chi connectivity index (χ3v) is 4.57. The van der Waals surface area contributed by atoms with Crippen molar-refractivity contribution in [1.29, 1.82) is 0 Å². The maximum absolute atomic E-state index is 12.0. The van der Waals surface area contributed by atoms with Gasteiger partial charge in [0, 0.05) is 6.20 Å². The summed E-state index contributed by atoms with van der Waals surface area (Å²) in [6, 6.07) is 5.09. The summed E-state index contributed by atoms with van der Waals surface area (Å²) in [4.78, 5) is 3.54. The van der Waals surface area contributed by atoms with Gasteiger partial charge in [0.05, 0.1) is 15.1 Å². The Balaban J connectivity index is 2.38. The molecule has 1 aromatic heterocycles. The molecule has 0 atom stereocenters. The Bertz CT molecular complexity index is 764. The molecule has 20 heavy (non-hydrogen) atoms. The summed E-state index contributed by atoms with van der Waals surface area (Å²) in [6.07, 6.45) is 1.22. The third-order valence-electron chi connectivity index (χ3n) is 2.14. The van der Waals surface area contributed by atoms with Gasteiger partial charge in [0.1, 0.15) is 9.92 Å². The van der Waals surface area contributed by atoms with Gasteiger partial charge in [-0.15, -0.1) is 0 Å². The molecule has 0 saturated heterocycles. The van der Waals surface area contributed by atoms with E-state index in [2.05, 4.69) is 4.98 Å².